The maximum Gasteiger partial charge on any atom is 0.358 e. The lowest BCUT2D eigenvalue weighted by Crippen LogP contribution is -2.01. The second-order valence-corrected chi connectivity index (χ2v) is 4.39. The van der Waals surface area contributed by atoms with Gasteiger partial charge in [0.25, 0.3) is 0 Å². The highest BCUT2D eigenvalue weighted by molar-refractivity contribution is 5.87. The lowest BCUT2D eigenvalue weighted by Gasteiger charge is -2.16. The number of hydrogen-bond donors (Lipinski definition) is 1. The third-order valence-electron chi connectivity index (χ3n) is 3.20. The van der Waals surface area contributed by atoms with Crippen molar-refractivity contribution in [3.05, 3.63) is 28.7 Å². The quantitative estimate of drug-likeness (QED) is 0.934. The van der Waals surface area contributed by atoms with Crippen LogP contribution in [-0.4, -0.2) is 30.5 Å². The average molecular weight is 295 g/mol. The third-order valence-corrected chi connectivity index (χ3v) is 3.20. The van der Waals surface area contributed by atoms with Crippen LogP contribution in [0.2, 0.25) is 0 Å². The van der Waals surface area contributed by atoms with Crippen LogP contribution in [0.4, 0.5) is 4.39 Å². The first-order chi connectivity index (χ1) is 9.92. The van der Waals surface area contributed by atoms with Gasteiger partial charge < -0.3 is 19.1 Å². The maximum absolute atomic E-state index is 14.2. The van der Waals surface area contributed by atoms with Crippen molar-refractivity contribution in [2.45, 2.75) is 13.8 Å². The van der Waals surface area contributed by atoms with Crippen LogP contribution in [0.25, 0.3) is 11.3 Å². The Morgan fingerprint density at radius 2 is 1.86 bits per heavy atom. The zero-order chi connectivity index (χ0) is 15.7. The lowest BCUT2D eigenvalue weighted by atomic mass is 9.99. The number of carbonyl (C=O) groups is 1. The molecule has 1 N–H and O–H groups in total. The van der Waals surface area contributed by atoms with Crippen LogP contribution in [0.15, 0.2) is 10.6 Å². The van der Waals surface area contributed by atoms with Crippen LogP contribution in [0, 0.1) is 19.7 Å². The van der Waals surface area contributed by atoms with E-state index in [1.54, 1.807) is 6.92 Å². The molecule has 0 saturated carbocycles. The van der Waals surface area contributed by atoms with E-state index in [1.807, 2.05) is 0 Å². The molecule has 1 aromatic heterocycles. The summed E-state index contributed by atoms with van der Waals surface area (Å²) in [7, 11) is 2.75. The Hall–Kier alpha value is -2.57. The number of halogens is 1. The highest BCUT2D eigenvalue weighted by Gasteiger charge is 2.25. The fourth-order valence-electron chi connectivity index (χ4n) is 2.19. The minimum Gasteiger partial charge on any atom is -0.496 e. The van der Waals surface area contributed by atoms with Gasteiger partial charge in [0.05, 0.1) is 19.8 Å². The Morgan fingerprint density at radius 1 is 1.24 bits per heavy atom. The fourth-order valence-corrected chi connectivity index (χ4v) is 2.19. The van der Waals surface area contributed by atoms with Gasteiger partial charge in [0.1, 0.15) is 5.75 Å². The maximum atomic E-state index is 14.2. The van der Waals surface area contributed by atoms with Gasteiger partial charge in [-0.1, -0.05) is 5.16 Å². The molecule has 1 heterocycles. The minimum atomic E-state index is -1.22. The number of carboxylic acid groups (broad SMARTS) is 1. The molecule has 112 valence electrons. The molecule has 0 amide bonds. The second kappa shape index (κ2) is 5.43. The third kappa shape index (κ3) is 2.31. The van der Waals surface area contributed by atoms with E-state index in [-0.39, 0.29) is 28.5 Å². The predicted molar refractivity (Wildman–Crippen MR) is 71.4 cm³/mol. The van der Waals surface area contributed by atoms with Crippen molar-refractivity contribution in [2.24, 2.45) is 0 Å². The Bertz CT molecular complexity index is 708. The van der Waals surface area contributed by atoms with E-state index >= 15 is 0 Å². The van der Waals surface area contributed by atoms with E-state index < -0.39 is 11.8 Å². The molecule has 0 spiro atoms. The van der Waals surface area contributed by atoms with E-state index in [2.05, 4.69) is 5.16 Å². The van der Waals surface area contributed by atoms with Crippen LogP contribution < -0.4 is 9.47 Å². The van der Waals surface area contributed by atoms with E-state index in [4.69, 9.17) is 19.1 Å². The van der Waals surface area contributed by atoms with Crippen LogP contribution >= 0.6 is 0 Å². The topological polar surface area (TPSA) is 81.8 Å². The number of hydrogen-bond acceptors (Lipinski definition) is 5. The van der Waals surface area contributed by atoms with Crippen LogP contribution in [0.3, 0.4) is 0 Å². The van der Waals surface area contributed by atoms with Crippen molar-refractivity contribution in [3.63, 3.8) is 0 Å². The Kier molecular flexibility index (Phi) is 3.84. The molecule has 6 nitrogen and oxygen atoms in total. The molecule has 0 bridgehead atoms. The molecule has 0 unspecified atom stereocenters. The van der Waals surface area contributed by atoms with E-state index in [0.29, 0.717) is 11.1 Å². The largest absolute Gasteiger partial charge is 0.496 e. The monoisotopic (exact) mass is 295 g/mol. The molecule has 2 rings (SSSR count). The molecule has 0 aliphatic carbocycles. The van der Waals surface area contributed by atoms with Crippen molar-refractivity contribution in [2.75, 3.05) is 14.2 Å². The average Bonchev–Trinajstić information content (AvgIpc) is 2.92. The van der Waals surface area contributed by atoms with Gasteiger partial charge in [0.15, 0.2) is 23.0 Å². The number of aromatic nitrogens is 1. The molecule has 0 fully saturated rings. The molecule has 0 saturated heterocycles. The molecule has 7 heteroatoms. The summed E-state index contributed by atoms with van der Waals surface area (Å²) in [5.74, 6) is -1.28. The van der Waals surface area contributed by atoms with Crippen molar-refractivity contribution in [1.29, 1.82) is 0 Å². The number of nitrogens with zero attached hydrogens (tertiary/aromatic N) is 1. The molecule has 0 aliphatic heterocycles. The van der Waals surface area contributed by atoms with Gasteiger partial charge in [-0.25, -0.2) is 9.18 Å². The Labute approximate surface area is 120 Å². The standard InChI is InChI=1S/C14H14FNO5/c1-6-10(9-5-8(14(17)18)16-21-9)12(19-3)7(2)11(15)13(6)20-4/h5H,1-4H3,(H,17,18). The first-order valence-electron chi connectivity index (χ1n) is 6.03. The smallest absolute Gasteiger partial charge is 0.358 e. The normalized spacial score (nSPS) is 10.5. The summed E-state index contributed by atoms with van der Waals surface area (Å²) in [4.78, 5) is 10.9. The SMILES string of the molecule is COc1c(C)c(-c2cc(C(=O)O)no2)c(OC)c(C)c1F. The Balaban J connectivity index is 2.77. The number of ether oxygens (including phenoxy) is 2. The van der Waals surface area contributed by atoms with Gasteiger partial charge in [-0.2, -0.15) is 0 Å². The molecule has 0 atom stereocenters. The van der Waals surface area contributed by atoms with Crippen LogP contribution in [0.5, 0.6) is 11.5 Å². The van der Waals surface area contributed by atoms with Crippen molar-refractivity contribution in [3.8, 4) is 22.8 Å². The number of carboxylic acids is 1. The zero-order valence-corrected chi connectivity index (χ0v) is 12.0. The molecule has 21 heavy (non-hydrogen) atoms. The first-order valence-corrected chi connectivity index (χ1v) is 6.03. The summed E-state index contributed by atoms with van der Waals surface area (Å²) < 4.78 is 29.5. The fraction of sp³-hybridized carbons (Fsp3) is 0.286. The summed E-state index contributed by atoms with van der Waals surface area (Å²) in [6, 6.07) is 1.25. The van der Waals surface area contributed by atoms with Gasteiger partial charge in [-0.15, -0.1) is 0 Å². The lowest BCUT2D eigenvalue weighted by molar-refractivity contribution is 0.0686. The summed E-state index contributed by atoms with van der Waals surface area (Å²) in [5, 5.41) is 12.4. The molecule has 0 aliphatic rings. The van der Waals surface area contributed by atoms with E-state index in [9.17, 15) is 9.18 Å². The van der Waals surface area contributed by atoms with Gasteiger partial charge in [-0.3, -0.25) is 0 Å². The summed E-state index contributed by atoms with van der Waals surface area (Å²) in [6.45, 7) is 3.16. The number of methoxy groups -OCH3 is 2. The van der Waals surface area contributed by atoms with Gasteiger partial charge in [0.2, 0.25) is 0 Å². The summed E-state index contributed by atoms with van der Waals surface area (Å²) in [5.41, 5.74) is 0.842. The van der Waals surface area contributed by atoms with Crippen molar-refractivity contribution in [1.82, 2.24) is 5.16 Å². The van der Waals surface area contributed by atoms with Crippen molar-refractivity contribution >= 4 is 5.97 Å². The van der Waals surface area contributed by atoms with Gasteiger partial charge >= 0.3 is 5.97 Å². The van der Waals surface area contributed by atoms with Gasteiger partial charge in [-0.05, 0) is 13.8 Å². The number of rotatable bonds is 4. The molecule has 2 aromatic rings. The van der Waals surface area contributed by atoms with Crippen LogP contribution in [0.1, 0.15) is 21.6 Å². The molecular weight excluding hydrogens is 281 g/mol. The van der Waals surface area contributed by atoms with Crippen LogP contribution in [-0.2, 0) is 0 Å². The van der Waals surface area contributed by atoms with E-state index in [1.165, 1.54) is 27.2 Å². The highest BCUT2D eigenvalue weighted by Crippen LogP contribution is 2.43. The van der Waals surface area contributed by atoms with Crippen molar-refractivity contribution < 1.29 is 28.3 Å². The second-order valence-electron chi connectivity index (χ2n) is 4.39. The number of benzene rings is 1. The molecule has 1 aromatic carbocycles. The first kappa shape index (κ1) is 14.8. The summed E-state index contributed by atoms with van der Waals surface area (Å²) in [6.07, 6.45) is 0. The molecule has 0 radical (unpaired) electrons. The Morgan fingerprint density at radius 3 is 2.33 bits per heavy atom. The highest BCUT2D eigenvalue weighted by atomic mass is 19.1. The number of aromatic carboxylic acids is 1. The van der Waals surface area contributed by atoms with E-state index in [0.717, 1.165) is 0 Å². The van der Waals surface area contributed by atoms with Gasteiger partial charge in [0, 0.05) is 17.2 Å². The minimum absolute atomic E-state index is 0.0524. The summed E-state index contributed by atoms with van der Waals surface area (Å²) >= 11 is 0. The zero-order valence-electron chi connectivity index (χ0n) is 12.0. The molecular formula is C14H14FNO5. The predicted octanol–water partition coefficient (Wildman–Crippen LogP) is 2.81.